The molecule has 14 heavy (non-hydrogen) atoms. The van der Waals surface area contributed by atoms with Crippen LogP contribution in [-0.2, 0) is 4.79 Å². The molecular weight excluding hydrogens is 182 g/mol. The molecule has 78 valence electrons. The van der Waals surface area contributed by atoms with Gasteiger partial charge in [-0.25, -0.2) is 4.79 Å². The Hall–Kier alpha value is -1.06. The van der Waals surface area contributed by atoms with Gasteiger partial charge in [0.15, 0.2) is 0 Å². The Morgan fingerprint density at radius 2 is 2.43 bits per heavy atom. The summed E-state index contributed by atoms with van der Waals surface area (Å²) in [5, 5.41) is 9.12. The van der Waals surface area contributed by atoms with E-state index in [2.05, 4.69) is 0 Å². The average Bonchev–Trinajstić information content (AvgIpc) is 2.37. The van der Waals surface area contributed by atoms with E-state index >= 15 is 0 Å². The Kier molecular flexibility index (Phi) is 2.01. The van der Waals surface area contributed by atoms with Crippen molar-refractivity contribution in [2.75, 3.05) is 0 Å². The Bertz CT molecular complexity index is 289. The highest BCUT2D eigenvalue weighted by atomic mass is 16.4. The van der Waals surface area contributed by atoms with Crippen molar-refractivity contribution in [1.82, 2.24) is 4.90 Å². The maximum Gasteiger partial charge on any atom is 0.408 e. The van der Waals surface area contributed by atoms with Gasteiger partial charge < -0.3 is 5.11 Å². The van der Waals surface area contributed by atoms with Crippen molar-refractivity contribution in [1.29, 1.82) is 0 Å². The largest absolute Gasteiger partial charge is 0.465 e. The van der Waals surface area contributed by atoms with Gasteiger partial charge in [-0.15, -0.1) is 0 Å². The van der Waals surface area contributed by atoms with Crippen molar-refractivity contribution in [3.8, 4) is 0 Å². The molecule has 2 aliphatic rings. The van der Waals surface area contributed by atoms with Crippen LogP contribution in [-0.4, -0.2) is 33.5 Å². The van der Waals surface area contributed by atoms with Gasteiger partial charge in [0.2, 0.25) is 0 Å². The zero-order valence-electron chi connectivity index (χ0n) is 8.32. The number of piperidine rings is 1. The summed E-state index contributed by atoms with van der Waals surface area (Å²) < 4.78 is 0. The second-order valence-electron chi connectivity index (χ2n) is 4.34. The molecule has 2 saturated heterocycles. The van der Waals surface area contributed by atoms with Crippen LogP contribution in [0.3, 0.4) is 0 Å². The monoisotopic (exact) mass is 197 g/mol. The van der Waals surface area contributed by atoms with Crippen LogP contribution in [0.5, 0.6) is 0 Å². The van der Waals surface area contributed by atoms with Crippen molar-refractivity contribution in [2.45, 2.75) is 50.6 Å². The fourth-order valence-corrected chi connectivity index (χ4v) is 2.97. The van der Waals surface area contributed by atoms with E-state index in [1.807, 2.05) is 6.92 Å². The molecule has 4 heteroatoms. The summed E-state index contributed by atoms with van der Waals surface area (Å²) in [4.78, 5) is 24.1. The van der Waals surface area contributed by atoms with Crippen LogP contribution in [0.4, 0.5) is 4.79 Å². The number of carbonyl (C=O) groups is 2. The van der Waals surface area contributed by atoms with Gasteiger partial charge in [-0.3, -0.25) is 9.69 Å². The van der Waals surface area contributed by atoms with E-state index < -0.39 is 6.09 Å². The predicted octanol–water partition coefficient (Wildman–Crippen LogP) is 1.64. The summed E-state index contributed by atoms with van der Waals surface area (Å²) >= 11 is 0. The lowest BCUT2D eigenvalue weighted by atomic mass is 9.85. The number of hydrogen-bond acceptors (Lipinski definition) is 2. The lowest BCUT2D eigenvalue weighted by Gasteiger charge is -2.41. The molecule has 2 unspecified atom stereocenters. The van der Waals surface area contributed by atoms with Crippen molar-refractivity contribution >= 4 is 11.9 Å². The highest BCUT2D eigenvalue weighted by Gasteiger charge is 2.52. The molecular formula is C10H15NO3. The number of amides is 1. The first-order valence-corrected chi connectivity index (χ1v) is 5.13. The second kappa shape index (κ2) is 2.97. The van der Waals surface area contributed by atoms with E-state index in [1.165, 1.54) is 4.90 Å². The first-order chi connectivity index (χ1) is 6.59. The van der Waals surface area contributed by atoms with E-state index in [4.69, 9.17) is 5.11 Å². The molecule has 4 nitrogen and oxygen atoms in total. The Morgan fingerprint density at radius 3 is 3.00 bits per heavy atom. The molecule has 2 heterocycles. The number of Topliss-reactive ketones (excluding diaryl/α,β-unsaturated/α-hetero) is 1. The van der Waals surface area contributed by atoms with Gasteiger partial charge in [0, 0.05) is 18.9 Å². The van der Waals surface area contributed by atoms with Gasteiger partial charge in [-0.2, -0.15) is 0 Å². The lowest BCUT2D eigenvalue weighted by Crippen LogP contribution is -2.54. The minimum absolute atomic E-state index is 0.0475. The molecule has 2 aliphatic heterocycles. The smallest absolute Gasteiger partial charge is 0.408 e. The van der Waals surface area contributed by atoms with E-state index in [-0.39, 0.29) is 17.4 Å². The molecule has 1 N–H and O–H groups in total. The van der Waals surface area contributed by atoms with Crippen molar-refractivity contribution in [3.63, 3.8) is 0 Å². The Balaban J connectivity index is 2.33. The minimum Gasteiger partial charge on any atom is -0.465 e. The van der Waals surface area contributed by atoms with E-state index in [0.717, 1.165) is 19.3 Å². The summed E-state index contributed by atoms with van der Waals surface area (Å²) in [6.07, 6.45) is 2.45. The van der Waals surface area contributed by atoms with Crippen LogP contribution in [0.25, 0.3) is 0 Å². The molecule has 0 aromatic rings. The number of fused-ring (bicyclic) bond motifs is 2. The number of carboxylic acid groups (broad SMARTS) is 1. The zero-order valence-corrected chi connectivity index (χ0v) is 8.32. The maximum atomic E-state index is 11.4. The third-order valence-corrected chi connectivity index (χ3v) is 3.67. The van der Waals surface area contributed by atoms with Crippen LogP contribution >= 0.6 is 0 Å². The highest BCUT2D eigenvalue weighted by Crippen LogP contribution is 2.44. The van der Waals surface area contributed by atoms with Crippen molar-refractivity contribution in [2.24, 2.45) is 0 Å². The van der Waals surface area contributed by atoms with Crippen LogP contribution in [0.2, 0.25) is 0 Å². The first-order valence-electron chi connectivity index (χ1n) is 5.13. The highest BCUT2D eigenvalue weighted by molar-refractivity contribution is 5.84. The number of ketones is 1. The van der Waals surface area contributed by atoms with Gasteiger partial charge in [0.25, 0.3) is 0 Å². The van der Waals surface area contributed by atoms with Gasteiger partial charge in [0.05, 0.1) is 5.54 Å². The summed E-state index contributed by atoms with van der Waals surface area (Å²) in [6.45, 7) is 1.97. The lowest BCUT2D eigenvalue weighted by molar-refractivity contribution is -0.125. The third kappa shape index (κ3) is 1.13. The molecule has 0 aromatic carbocycles. The summed E-state index contributed by atoms with van der Waals surface area (Å²) in [6, 6.07) is -0.0475. The summed E-state index contributed by atoms with van der Waals surface area (Å²) in [5.74, 6) is 0.229. The van der Waals surface area contributed by atoms with Crippen molar-refractivity contribution in [3.05, 3.63) is 0 Å². The van der Waals surface area contributed by atoms with Crippen LogP contribution in [0, 0.1) is 0 Å². The fraction of sp³-hybridized carbons (Fsp3) is 0.800. The molecule has 2 fully saturated rings. The molecule has 0 aliphatic carbocycles. The van der Waals surface area contributed by atoms with Crippen molar-refractivity contribution < 1.29 is 14.7 Å². The third-order valence-electron chi connectivity index (χ3n) is 3.67. The minimum atomic E-state index is -0.859. The number of carbonyl (C=O) groups excluding carboxylic acids is 1. The van der Waals surface area contributed by atoms with Crippen LogP contribution in [0.1, 0.15) is 39.0 Å². The van der Waals surface area contributed by atoms with E-state index in [1.54, 1.807) is 0 Å². The quantitative estimate of drug-likeness (QED) is 0.695. The molecule has 2 rings (SSSR count). The Morgan fingerprint density at radius 1 is 1.71 bits per heavy atom. The molecule has 2 bridgehead atoms. The molecule has 0 spiro atoms. The second-order valence-corrected chi connectivity index (χ2v) is 4.34. The number of rotatable bonds is 1. The normalized spacial score (nSPS) is 36.2. The molecule has 0 radical (unpaired) electrons. The molecule has 0 saturated carbocycles. The molecule has 1 amide bonds. The van der Waals surface area contributed by atoms with Crippen LogP contribution in [0.15, 0.2) is 0 Å². The van der Waals surface area contributed by atoms with Gasteiger partial charge in [-0.05, 0) is 19.3 Å². The zero-order chi connectivity index (χ0) is 10.3. The Labute approximate surface area is 82.9 Å². The topological polar surface area (TPSA) is 57.6 Å². The maximum absolute atomic E-state index is 11.4. The standard InChI is InChI=1S/C10H15NO3/c1-2-10-4-3-7(5-8(12)6-10)11(10)9(13)14/h7H,2-6H2,1H3,(H,13,14). The van der Waals surface area contributed by atoms with E-state index in [0.29, 0.717) is 12.8 Å². The SMILES string of the molecule is CCC12CCC(CC(=O)C1)N2C(=O)O. The molecule has 0 aromatic heterocycles. The summed E-state index contributed by atoms with van der Waals surface area (Å²) in [7, 11) is 0. The van der Waals surface area contributed by atoms with Gasteiger partial charge >= 0.3 is 6.09 Å². The number of hydrogen-bond donors (Lipinski definition) is 1. The summed E-state index contributed by atoms with van der Waals surface area (Å²) in [5.41, 5.74) is -0.369. The predicted molar refractivity (Wildman–Crippen MR) is 50.1 cm³/mol. The van der Waals surface area contributed by atoms with Crippen LogP contribution < -0.4 is 0 Å². The van der Waals surface area contributed by atoms with Gasteiger partial charge in [0.1, 0.15) is 5.78 Å². The average molecular weight is 197 g/mol. The number of nitrogens with zero attached hydrogens (tertiary/aromatic N) is 1. The fourth-order valence-electron chi connectivity index (χ4n) is 2.97. The first kappa shape index (κ1) is 9.49. The molecule has 2 atom stereocenters. The van der Waals surface area contributed by atoms with Gasteiger partial charge in [-0.1, -0.05) is 6.92 Å². The van der Waals surface area contributed by atoms with E-state index in [9.17, 15) is 9.59 Å².